The van der Waals surface area contributed by atoms with E-state index in [-0.39, 0.29) is 10.6 Å². The summed E-state index contributed by atoms with van der Waals surface area (Å²) in [5.41, 5.74) is 1.77. The lowest BCUT2D eigenvalue weighted by molar-refractivity contribution is -0.123. The summed E-state index contributed by atoms with van der Waals surface area (Å²) >= 11 is 5.82. The fraction of sp³-hybridized carbons (Fsp3) is 0.263. The molecule has 1 atom stereocenters. The Bertz CT molecular complexity index is 775. The Morgan fingerprint density at radius 3 is 2.28 bits per heavy atom. The lowest BCUT2D eigenvalue weighted by Crippen LogP contribution is -2.30. The van der Waals surface area contributed by atoms with Crippen molar-refractivity contribution >= 4 is 29.2 Å². The summed E-state index contributed by atoms with van der Waals surface area (Å²) in [6.07, 6.45) is -1.03. The van der Waals surface area contributed by atoms with Crippen molar-refractivity contribution in [1.82, 2.24) is 0 Å². The van der Waals surface area contributed by atoms with Crippen LogP contribution >= 0.6 is 11.6 Å². The first kappa shape index (κ1) is 18.9. The Hall–Kier alpha value is -2.40. The molecule has 0 heterocycles. The Kier molecular flexibility index (Phi) is 6.15. The summed E-state index contributed by atoms with van der Waals surface area (Å²) < 4.78 is 18.1. The van der Waals surface area contributed by atoms with E-state index in [2.05, 4.69) is 19.2 Å². The third kappa shape index (κ3) is 5.03. The molecule has 0 fully saturated rings. The topological polar surface area (TPSA) is 55.4 Å². The summed E-state index contributed by atoms with van der Waals surface area (Å²) in [6.45, 7) is 5.61. The molecule has 0 saturated carbocycles. The van der Waals surface area contributed by atoms with Gasteiger partial charge in [-0.15, -0.1) is 0 Å². The zero-order chi connectivity index (χ0) is 18.6. The van der Waals surface area contributed by atoms with Crippen LogP contribution in [0.5, 0.6) is 0 Å². The van der Waals surface area contributed by atoms with Gasteiger partial charge in [-0.3, -0.25) is 4.79 Å². The average molecular weight is 364 g/mol. The molecule has 1 N–H and O–H groups in total. The van der Waals surface area contributed by atoms with Gasteiger partial charge in [0, 0.05) is 5.69 Å². The molecule has 2 rings (SSSR count). The molecule has 2 aromatic carbocycles. The van der Waals surface area contributed by atoms with E-state index in [0.29, 0.717) is 11.6 Å². The molecule has 2 aromatic rings. The second-order valence-electron chi connectivity index (χ2n) is 5.94. The van der Waals surface area contributed by atoms with Crippen LogP contribution in [0.15, 0.2) is 42.5 Å². The minimum Gasteiger partial charge on any atom is -0.449 e. The van der Waals surface area contributed by atoms with Crippen molar-refractivity contribution in [2.24, 2.45) is 0 Å². The highest BCUT2D eigenvalue weighted by atomic mass is 35.5. The molecule has 6 heteroatoms. The second-order valence-corrected chi connectivity index (χ2v) is 6.34. The highest BCUT2D eigenvalue weighted by Crippen LogP contribution is 2.20. The monoisotopic (exact) mass is 363 g/mol. The van der Waals surface area contributed by atoms with Crippen molar-refractivity contribution in [3.63, 3.8) is 0 Å². The number of hydrogen-bond donors (Lipinski definition) is 1. The summed E-state index contributed by atoms with van der Waals surface area (Å²) in [4.78, 5) is 24.2. The van der Waals surface area contributed by atoms with E-state index in [0.717, 1.165) is 17.7 Å². The number of hydrogen-bond acceptors (Lipinski definition) is 3. The van der Waals surface area contributed by atoms with Gasteiger partial charge in [0.15, 0.2) is 6.10 Å². The van der Waals surface area contributed by atoms with Crippen LogP contribution in [0.2, 0.25) is 5.02 Å². The van der Waals surface area contributed by atoms with Gasteiger partial charge in [0.2, 0.25) is 0 Å². The Morgan fingerprint density at radius 2 is 1.72 bits per heavy atom. The molecular weight excluding hydrogens is 345 g/mol. The smallest absolute Gasteiger partial charge is 0.340 e. The van der Waals surface area contributed by atoms with E-state index in [1.807, 2.05) is 12.1 Å². The molecular formula is C19H19ClFNO3. The van der Waals surface area contributed by atoms with Gasteiger partial charge in [-0.05, 0) is 48.7 Å². The summed E-state index contributed by atoms with van der Waals surface area (Å²) in [5, 5.41) is 2.61. The van der Waals surface area contributed by atoms with E-state index in [1.54, 1.807) is 12.1 Å². The number of anilines is 1. The number of amides is 1. The predicted molar refractivity (Wildman–Crippen MR) is 95.4 cm³/mol. The zero-order valence-corrected chi connectivity index (χ0v) is 14.9. The summed E-state index contributed by atoms with van der Waals surface area (Å²) in [5.74, 6) is -1.42. The Labute approximate surface area is 150 Å². The molecule has 1 amide bonds. The van der Waals surface area contributed by atoms with E-state index >= 15 is 0 Å². The molecule has 0 aliphatic carbocycles. The fourth-order valence-electron chi connectivity index (χ4n) is 2.13. The number of nitrogens with one attached hydrogen (secondary N) is 1. The van der Waals surface area contributed by atoms with Crippen molar-refractivity contribution in [3.05, 3.63) is 64.4 Å². The van der Waals surface area contributed by atoms with Gasteiger partial charge in [0.05, 0.1) is 10.6 Å². The van der Waals surface area contributed by atoms with Crippen LogP contribution in [0.4, 0.5) is 10.1 Å². The molecule has 0 aromatic heterocycles. The molecule has 25 heavy (non-hydrogen) atoms. The van der Waals surface area contributed by atoms with Gasteiger partial charge >= 0.3 is 5.97 Å². The highest BCUT2D eigenvalue weighted by Gasteiger charge is 2.21. The SMILES string of the molecule is CC(C)c1ccc(NC(=O)[C@@H](C)OC(=O)c2ccc(F)cc2Cl)cc1. The minimum atomic E-state index is -1.03. The number of esters is 1. The molecule has 132 valence electrons. The Morgan fingerprint density at radius 1 is 1.08 bits per heavy atom. The number of carbonyl (C=O) groups excluding carboxylic acids is 2. The maximum Gasteiger partial charge on any atom is 0.340 e. The third-order valence-corrected chi connectivity index (χ3v) is 3.96. The molecule has 0 radical (unpaired) electrons. The van der Waals surface area contributed by atoms with Crippen LogP contribution in [0.1, 0.15) is 42.6 Å². The van der Waals surface area contributed by atoms with Gasteiger partial charge in [-0.2, -0.15) is 0 Å². The molecule has 0 bridgehead atoms. The van der Waals surface area contributed by atoms with Crippen molar-refractivity contribution in [2.45, 2.75) is 32.8 Å². The van der Waals surface area contributed by atoms with Crippen LogP contribution in [-0.4, -0.2) is 18.0 Å². The van der Waals surface area contributed by atoms with Crippen LogP contribution < -0.4 is 5.32 Å². The fourth-order valence-corrected chi connectivity index (χ4v) is 2.37. The van der Waals surface area contributed by atoms with E-state index < -0.39 is 23.8 Å². The van der Waals surface area contributed by atoms with Crippen molar-refractivity contribution in [1.29, 1.82) is 0 Å². The quantitative estimate of drug-likeness (QED) is 0.777. The predicted octanol–water partition coefficient (Wildman–Crippen LogP) is 4.79. The van der Waals surface area contributed by atoms with Gasteiger partial charge in [0.1, 0.15) is 5.82 Å². The molecule has 0 saturated heterocycles. The van der Waals surface area contributed by atoms with E-state index in [9.17, 15) is 14.0 Å². The minimum absolute atomic E-state index is 0.00371. The maximum absolute atomic E-state index is 13.0. The molecule has 0 aliphatic heterocycles. The van der Waals surface area contributed by atoms with Gasteiger partial charge in [0.25, 0.3) is 5.91 Å². The lowest BCUT2D eigenvalue weighted by Gasteiger charge is -2.14. The average Bonchev–Trinajstić information content (AvgIpc) is 2.55. The zero-order valence-electron chi connectivity index (χ0n) is 14.2. The normalized spacial score (nSPS) is 11.9. The van der Waals surface area contributed by atoms with Gasteiger partial charge in [-0.25, -0.2) is 9.18 Å². The standard InChI is InChI=1S/C19H19ClFNO3/c1-11(2)13-4-7-15(8-5-13)22-18(23)12(3)25-19(24)16-9-6-14(21)10-17(16)20/h4-12H,1-3H3,(H,22,23)/t12-/m1/s1. The van der Waals surface area contributed by atoms with Crippen LogP contribution in [0.3, 0.4) is 0 Å². The summed E-state index contributed by atoms with van der Waals surface area (Å²) in [6, 6.07) is 10.8. The van der Waals surface area contributed by atoms with Gasteiger partial charge < -0.3 is 10.1 Å². The van der Waals surface area contributed by atoms with Crippen LogP contribution in [0, 0.1) is 5.82 Å². The van der Waals surface area contributed by atoms with Crippen LogP contribution in [-0.2, 0) is 9.53 Å². The number of carbonyl (C=O) groups is 2. The molecule has 4 nitrogen and oxygen atoms in total. The summed E-state index contributed by atoms with van der Waals surface area (Å²) in [7, 11) is 0. The van der Waals surface area contributed by atoms with Crippen molar-refractivity contribution < 1.29 is 18.7 Å². The number of benzene rings is 2. The third-order valence-electron chi connectivity index (χ3n) is 3.65. The van der Waals surface area contributed by atoms with Crippen LogP contribution in [0.25, 0.3) is 0 Å². The number of ether oxygens (including phenoxy) is 1. The first-order chi connectivity index (χ1) is 11.8. The molecule has 0 aliphatic rings. The Balaban J connectivity index is 1.98. The lowest BCUT2D eigenvalue weighted by atomic mass is 10.0. The molecule has 0 spiro atoms. The van der Waals surface area contributed by atoms with E-state index in [4.69, 9.17) is 16.3 Å². The number of rotatable bonds is 5. The second kappa shape index (κ2) is 8.12. The van der Waals surface area contributed by atoms with Gasteiger partial charge in [-0.1, -0.05) is 37.6 Å². The first-order valence-electron chi connectivity index (χ1n) is 7.84. The number of halogens is 2. The largest absolute Gasteiger partial charge is 0.449 e. The highest BCUT2D eigenvalue weighted by molar-refractivity contribution is 6.33. The van der Waals surface area contributed by atoms with E-state index in [1.165, 1.54) is 13.0 Å². The first-order valence-corrected chi connectivity index (χ1v) is 8.22. The molecule has 0 unspecified atom stereocenters. The maximum atomic E-state index is 13.0. The van der Waals surface area contributed by atoms with Crippen molar-refractivity contribution in [2.75, 3.05) is 5.32 Å². The van der Waals surface area contributed by atoms with Crippen molar-refractivity contribution in [3.8, 4) is 0 Å².